The van der Waals surface area contributed by atoms with Crippen LogP contribution in [0.25, 0.3) is 0 Å². The first-order valence-electron chi connectivity index (χ1n) is 8.98. The van der Waals surface area contributed by atoms with Crippen molar-refractivity contribution in [1.82, 2.24) is 10.2 Å². The summed E-state index contributed by atoms with van der Waals surface area (Å²) in [5.41, 5.74) is 2.28. The van der Waals surface area contributed by atoms with Crippen molar-refractivity contribution in [2.75, 3.05) is 13.6 Å². The van der Waals surface area contributed by atoms with E-state index >= 15 is 0 Å². The molecule has 1 atom stereocenters. The maximum Gasteiger partial charge on any atom is 0.237 e. The summed E-state index contributed by atoms with van der Waals surface area (Å²) in [5, 5.41) is 2.80. The zero-order valence-electron chi connectivity index (χ0n) is 14.8. The largest absolute Gasteiger partial charge is 0.489 e. The smallest absolute Gasteiger partial charge is 0.237 e. The van der Waals surface area contributed by atoms with E-state index in [2.05, 4.69) is 28.4 Å². The lowest BCUT2D eigenvalue weighted by molar-refractivity contribution is -0.127. The average Bonchev–Trinajstić information content (AvgIpc) is 2.68. The van der Waals surface area contributed by atoms with Crippen molar-refractivity contribution < 1.29 is 9.53 Å². The van der Waals surface area contributed by atoms with Crippen LogP contribution in [0.5, 0.6) is 5.75 Å². The Kier molecular flexibility index (Phi) is 6.07. The molecule has 25 heavy (non-hydrogen) atoms. The standard InChI is InChI=1S/C21H26N2O2/c1-22-21(24)19-12-7-8-14-23(19)15-18-11-5-6-13-20(18)25-16-17-9-3-2-4-10-17/h2-6,9-11,13,19H,7-8,12,14-16H2,1H3,(H,22,24)/t19-/m0/s1. The van der Waals surface area contributed by atoms with E-state index in [-0.39, 0.29) is 11.9 Å². The van der Waals surface area contributed by atoms with Crippen molar-refractivity contribution in [3.8, 4) is 5.75 Å². The van der Waals surface area contributed by atoms with Crippen LogP contribution in [0.4, 0.5) is 0 Å². The fourth-order valence-electron chi connectivity index (χ4n) is 3.37. The number of ether oxygens (including phenoxy) is 1. The molecule has 0 spiro atoms. The Balaban J connectivity index is 1.70. The second-order valence-corrected chi connectivity index (χ2v) is 6.48. The zero-order valence-corrected chi connectivity index (χ0v) is 14.8. The van der Waals surface area contributed by atoms with Gasteiger partial charge >= 0.3 is 0 Å². The molecular formula is C21H26N2O2. The first kappa shape index (κ1) is 17.5. The monoisotopic (exact) mass is 338 g/mol. The van der Waals surface area contributed by atoms with Crippen molar-refractivity contribution in [2.45, 2.75) is 38.5 Å². The van der Waals surface area contributed by atoms with Crippen LogP contribution in [0.2, 0.25) is 0 Å². The maximum atomic E-state index is 12.2. The van der Waals surface area contributed by atoms with Gasteiger partial charge in [-0.25, -0.2) is 0 Å². The van der Waals surface area contributed by atoms with Gasteiger partial charge in [0, 0.05) is 19.2 Å². The summed E-state index contributed by atoms with van der Waals surface area (Å²) in [6.07, 6.45) is 3.17. The number of amides is 1. The van der Waals surface area contributed by atoms with E-state index in [1.165, 1.54) is 0 Å². The number of rotatable bonds is 6. The van der Waals surface area contributed by atoms with E-state index < -0.39 is 0 Å². The van der Waals surface area contributed by atoms with Crippen LogP contribution in [0.3, 0.4) is 0 Å². The maximum absolute atomic E-state index is 12.2. The average molecular weight is 338 g/mol. The van der Waals surface area contributed by atoms with Crippen molar-refractivity contribution >= 4 is 5.91 Å². The van der Waals surface area contributed by atoms with Gasteiger partial charge < -0.3 is 10.1 Å². The number of likely N-dealkylation sites (N-methyl/N-ethyl adjacent to an activating group) is 1. The molecule has 0 aromatic heterocycles. The highest BCUT2D eigenvalue weighted by Gasteiger charge is 2.28. The van der Waals surface area contributed by atoms with Gasteiger partial charge in [0.1, 0.15) is 12.4 Å². The summed E-state index contributed by atoms with van der Waals surface area (Å²) in [7, 11) is 1.71. The first-order chi connectivity index (χ1) is 12.3. The molecule has 0 saturated carbocycles. The predicted molar refractivity (Wildman–Crippen MR) is 99.3 cm³/mol. The summed E-state index contributed by atoms with van der Waals surface area (Å²) in [6.45, 7) is 2.24. The zero-order chi connectivity index (χ0) is 17.5. The number of piperidine rings is 1. The summed E-state index contributed by atoms with van der Waals surface area (Å²) in [4.78, 5) is 14.4. The van der Waals surface area contributed by atoms with Gasteiger partial charge in [-0.2, -0.15) is 0 Å². The first-order valence-corrected chi connectivity index (χ1v) is 8.98. The molecule has 1 heterocycles. The number of carbonyl (C=O) groups excluding carboxylic acids is 1. The van der Waals surface area contributed by atoms with Crippen molar-refractivity contribution in [2.24, 2.45) is 0 Å². The van der Waals surface area contributed by atoms with Crippen LogP contribution >= 0.6 is 0 Å². The van der Waals surface area contributed by atoms with Gasteiger partial charge in [-0.3, -0.25) is 9.69 Å². The molecule has 2 aromatic carbocycles. The molecule has 0 radical (unpaired) electrons. The number of para-hydroxylation sites is 1. The number of likely N-dealkylation sites (tertiary alicyclic amines) is 1. The Morgan fingerprint density at radius 1 is 1.12 bits per heavy atom. The molecule has 4 heteroatoms. The lowest BCUT2D eigenvalue weighted by Crippen LogP contribution is -2.48. The Labute approximate surface area is 149 Å². The minimum Gasteiger partial charge on any atom is -0.489 e. The molecule has 0 aliphatic carbocycles. The molecule has 1 aliphatic rings. The second kappa shape index (κ2) is 8.67. The Hall–Kier alpha value is -2.33. The highest BCUT2D eigenvalue weighted by molar-refractivity contribution is 5.81. The second-order valence-electron chi connectivity index (χ2n) is 6.48. The van der Waals surface area contributed by atoms with Gasteiger partial charge in [-0.05, 0) is 31.0 Å². The Morgan fingerprint density at radius 3 is 2.68 bits per heavy atom. The van der Waals surface area contributed by atoms with E-state index in [4.69, 9.17) is 4.74 Å². The van der Waals surface area contributed by atoms with Crippen LogP contribution in [0.1, 0.15) is 30.4 Å². The lowest BCUT2D eigenvalue weighted by Gasteiger charge is -2.34. The third-order valence-electron chi connectivity index (χ3n) is 4.75. The van der Waals surface area contributed by atoms with E-state index in [9.17, 15) is 4.79 Å². The summed E-state index contributed by atoms with van der Waals surface area (Å²) >= 11 is 0. The van der Waals surface area contributed by atoms with E-state index in [0.29, 0.717) is 6.61 Å². The number of hydrogen-bond donors (Lipinski definition) is 1. The minimum absolute atomic E-state index is 0.0408. The Bertz CT molecular complexity index is 687. The number of benzene rings is 2. The molecule has 0 bridgehead atoms. The molecule has 1 saturated heterocycles. The van der Waals surface area contributed by atoms with Gasteiger partial charge in [-0.1, -0.05) is 55.0 Å². The highest BCUT2D eigenvalue weighted by atomic mass is 16.5. The van der Waals surface area contributed by atoms with Gasteiger partial charge in [0.2, 0.25) is 5.91 Å². The predicted octanol–water partition coefficient (Wildman–Crippen LogP) is 3.37. The summed E-state index contributed by atoms with van der Waals surface area (Å²) in [5.74, 6) is 1.01. The van der Waals surface area contributed by atoms with Crippen molar-refractivity contribution in [3.05, 3.63) is 65.7 Å². The SMILES string of the molecule is CNC(=O)[C@@H]1CCCCN1Cc1ccccc1OCc1ccccc1. The molecule has 1 amide bonds. The summed E-state index contributed by atoms with van der Waals surface area (Å²) in [6, 6.07) is 18.3. The molecule has 3 rings (SSSR count). The molecule has 0 unspecified atom stereocenters. The van der Waals surface area contributed by atoms with Crippen LogP contribution < -0.4 is 10.1 Å². The van der Waals surface area contributed by atoms with E-state index in [1.54, 1.807) is 7.05 Å². The van der Waals surface area contributed by atoms with E-state index in [1.807, 2.05) is 36.4 Å². The van der Waals surface area contributed by atoms with Gasteiger partial charge in [-0.15, -0.1) is 0 Å². The van der Waals surface area contributed by atoms with Crippen LogP contribution in [-0.2, 0) is 17.9 Å². The lowest BCUT2D eigenvalue weighted by atomic mass is 10.0. The van der Waals surface area contributed by atoms with Gasteiger partial charge in [0.05, 0.1) is 6.04 Å². The number of nitrogens with one attached hydrogen (secondary N) is 1. The highest BCUT2D eigenvalue weighted by Crippen LogP contribution is 2.25. The van der Waals surface area contributed by atoms with Crippen molar-refractivity contribution in [1.29, 1.82) is 0 Å². The van der Waals surface area contributed by atoms with E-state index in [0.717, 1.165) is 49.2 Å². The fourth-order valence-corrected chi connectivity index (χ4v) is 3.37. The number of nitrogens with zero attached hydrogens (tertiary/aromatic N) is 1. The normalized spacial score (nSPS) is 17.9. The summed E-state index contributed by atoms with van der Waals surface area (Å²) < 4.78 is 6.06. The molecule has 1 N–H and O–H groups in total. The minimum atomic E-state index is -0.0408. The van der Waals surface area contributed by atoms with Crippen LogP contribution in [0, 0.1) is 0 Å². The molecule has 1 aliphatic heterocycles. The quantitative estimate of drug-likeness (QED) is 0.878. The third kappa shape index (κ3) is 4.60. The van der Waals surface area contributed by atoms with Crippen molar-refractivity contribution in [3.63, 3.8) is 0 Å². The number of hydrogen-bond acceptors (Lipinski definition) is 3. The van der Waals surface area contributed by atoms with Gasteiger partial charge in [0.25, 0.3) is 0 Å². The van der Waals surface area contributed by atoms with Gasteiger partial charge in [0.15, 0.2) is 0 Å². The third-order valence-corrected chi connectivity index (χ3v) is 4.75. The molecular weight excluding hydrogens is 312 g/mol. The van der Waals surface area contributed by atoms with Crippen LogP contribution in [0.15, 0.2) is 54.6 Å². The molecule has 132 valence electrons. The number of carbonyl (C=O) groups is 1. The molecule has 1 fully saturated rings. The Morgan fingerprint density at radius 2 is 1.88 bits per heavy atom. The van der Waals surface area contributed by atoms with Crippen LogP contribution in [-0.4, -0.2) is 30.4 Å². The fraction of sp³-hybridized carbons (Fsp3) is 0.381. The molecule has 2 aromatic rings. The topological polar surface area (TPSA) is 41.6 Å². The molecule has 4 nitrogen and oxygen atoms in total.